The van der Waals surface area contributed by atoms with Crippen LogP contribution >= 0.6 is 0 Å². The van der Waals surface area contributed by atoms with Crippen LogP contribution in [-0.4, -0.2) is 43.3 Å². The van der Waals surface area contributed by atoms with Gasteiger partial charge in [-0.05, 0) is 24.1 Å². The van der Waals surface area contributed by atoms with Gasteiger partial charge in [-0.25, -0.2) is 0 Å². The van der Waals surface area contributed by atoms with Crippen molar-refractivity contribution in [1.82, 2.24) is 4.90 Å². The van der Waals surface area contributed by atoms with E-state index in [1.807, 2.05) is 6.07 Å². The number of benzene rings is 1. The van der Waals surface area contributed by atoms with Crippen LogP contribution in [0.5, 0.6) is 11.5 Å². The normalized spacial score (nSPS) is 13.7. The number of ether oxygens (including phenoxy) is 2. The second-order valence-electron chi connectivity index (χ2n) is 4.17. The van der Waals surface area contributed by atoms with E-state index >= 15 is 0 Å². The van der Waals surface area contributed by atoms with E-state index in [0.717, 1.165) is 5.56 Å². The number of fused-ring (bicyclic) bond motifs is 1. The smallest absolute Gasteiger partial charge is 0.254 e. The highest BCUT2D eigenvalue weighted by Gasteiger charge is 2.28. The van der Waals surface area contributed by atoms with Gasteiger partial charge in [0.2, 0.25) is 0 Å². The summed E-state index contributed by atoms with van der Waals surface area (Å²) >= 11 is 0. The number of methoxy groups -OCH3 is 2. The number of aliphatic hydroxyl groups excluding tert-OH is 1. The van der Waals surface area contributed by atoms with Gasteiger partial charge in [0, 0.05) is 25.3 Å². The summed E-state index contributed by atoms with van der Waals surface area (Å²) in [6.45, 7) is 1.22. The molecule has 0 aromatic heterocycles. The lowest BCUT2D eigenvalue weighted by Crippen LogP contribution is -2.25. The van der Waals surface area contributed by atoms with Crippen molar-refractivity contribution >= 4 is 5.91 Å². The van der Waals surface area contributed by atoms with Gasteiger partial charge in [-0.2, -0.15) is 0 Å². The molecule has 5 nitrogen and oxygen atoms in total. The van der Waals surface area contributed by atoms with E-state index in [2.05, 4.69) is 0 Å². The van der Waals surface area contributed by atoms with E-state index in [1.165, 1.54) is 0 Å². The van der Waals surface area contributed by atoms with Crippen LogP contribution in [0.15, 0.2) is 12.1 Å². The Morgan fingerprint density at radius 1 is 1.28 bits per heavy atom. The molecular formula is C13H17NO4. The molecule has 98 valence electrons. The van der Waals surface area contributed by atoms with Gasteiger partial charge in [0.05, 0.1) is 14.2 Å². The van der Waals surface area contributed by atoms with Gasteiger partial charge in [-0.15, -0.1) is 0 Å². The number of hydrogen-bond donors (Lipinski definition) is 1. The van der Waals surface area contributed by atoms with Crippen molar-refractivity contribution in [3.8, 4) is 11.5 Å². The number of hydrogen-bond acceptors (Lipinski definition) is 4. The lowest BCUT2D eigenvalue weighted by Gasteiger charge is -2.13. The molecule has 1 aromatic rings. The first-order chi connectivity index (χ1) is 8.71. The fraction of sp³-hybridized carbons (Fsp3) is 0.462. The molecule has 2 rings (SSSR count). The molecule has 5 heteroatoms. The maximum absolute atomic E-state index is 12.1. The van der Waals surface area contributed by atoms with Crippen molar-refractivity contribution in [3.63, 3.8) is 0 Å². The maximum Gasteiger partial charge on any atom is 0.254 e. The van der Waals surface area contributed by atoms with Crippen LogP contribution in [0.2, 0.25) is 0 Å². The molecule has 0 radical (unpaired) electrons. The van der Waals surface area contributed by atoms with E-state index in [4.69, 9.17) is 14.6 Å². The number of amides is 1. The van der Waals surface area contributed by atoms with Crippen LogP contribution in [0, 0.1) is 0 Å². The second kappa shape index (κ2) is 5.27. The predicted molar refractivity (Wildman–Crippen MR) is 66.0 cm³/mol. The zero-order valence-electron chi connectivity index (χ0n) is 10.6. The van der Waals surface area contributed by atoms with Crippen LogP contribution in [0.4, 0.5) is 0 Å². The molecule has 0 saturated heterocycles. The van der Waals surface area contributed by atoms with Crippen molar-refractivity contribution in [1.29, 1.82) is 0 Å². The van der Waals surface area contributed by atoms with E-state index in [-0.39, 0.29) is 12.5 Å². The molecule has 0 bridgehead atoms. The van der Waals surface area contributed by atoms with Crippen molar-refractivity contribution in [2.45, 2.75) is 13.0 Å². The van der Waals surface area contributed by atoms with Crippen LogP contribution in [-0.2, 0) is 6.54 Å². The quantitative estimate of drug-likeness (QED) is 0.849. The van der Waals surface area contributed by atoms with E-state index < -0.39 is 0 Å². The molecule has 1 heterocycles. The molecule has 0 spiro atoms. The highest BCUT2D eigenvalue weighted by atomic mass is 16.5. The molecule has 1 amide bonds. The minimum Gasteiger partial charge on any atom is -0.493 e. The first kappa shape index (κ1) is 12.7. The summed E-state index contributed by atoms with van der Waals surface area (Å²) in [5.74, 6) is 1.18. The second-order valence-corrected chi connectivity index (χ2v) is 4.17. The summed E-state index contributed by atoms with van der Waals surface area (Å²) in [7, 11) is 3.12. The van der Waals surface area contributed by atoms with E-state index in [1.54, 1.807) is 25.2 Å². The van der Waals surface area contributed by atoms with E-state index in [0.29, 0.717) is 36.6 Å². The van der Waals surface area contributed by atoms with Gasteiger partial charge in [-0.1, -0.05) is 0 Å². The first-order valence-electron chi connectivity index (χ1n) is 5.86. The third kappa shape index (κ3) is 2.13. The summed E-state index contributed by atoms with van der Waals surface area (Å²) in [6, 6.07) is 3.56. The van der Waals surface area contributed by atoms with Crippen LogP contribution in [0.25, 0.3) is 0 Å². The minimum absolute atomic E-state index is 0.0144. The number of nitrogens with zero attached hydrogens (tertiary/aromatic N) is 1. The van der Waals surface area contributed by atoms with Gasteiger partial charge in [-0.3, -0.25) is 4.79 Å². The summed E-state index contributed by atoms with van der Waals surface area (Å²) in [5, 5.41) is 8.82. The Kier molecular flexibility index (Phi) is 3.72. The summed E-state index contributed by atoms with van der Waals surface area (Å²) in [6.07, 6.45) is 0.591. The molecule has 0 aliphatic carbocycles. The van der Waals surface area contributed by atoms with Gasteiger partial charge >= 0.3 is 0 Å². The number of rotatable bonds is 5. The van der Waals surface area contributed by atoms with Crippen molar-refractivity contribution in [2.24, 2.45) is 0 Å². The monoisotopic (exact) mass is 251 g/mol. The van der Waals surface area contributed by atoms with Crippen molar-refractivity contribution in [3.05, 3.63) is 23.3 Å². The molecule has 18 heavy (non-hydrogen) atoms. The number of carbonyl (C=O) groups excluding carboxylic acids is 1. The van der Waals surface area contributed by atoms with Gasteiger partial charge in [0.15, 0.2) is 11.5 Å². The van der Waals surface area contributed by atoms with Crippen LogP contribution in [0.3, 0.4) is 0 Å². The largest absolute Gasteiger partial charge is 0.493 e. The Bertz CT molecular complexity index is 459. The SMILES string of the molecule is COc1cc2c(cc1OC)C(=O)N(CCCO)C2. The Morgan fingerprint density at radius 2 is 1.94 bits per heavy atom. The Labute approximate surface area is 106 Å². The molecule has 0 fully saturated rings. The standard InChI is InChI=1S/C13H17NO4/c1-17-11-6-9-8-14(4-3-5-15)13(16)10(9)7-12(11)18-2/h6-7,15H,3-5,8H2,1-2H3. The predicted octanol–water partition coefficient (Wildman–Crippen LogP) is 1.04. The lowest BCUT2D eigenvalue weighted by atomic mass is 10.1. The summed E-state index contributed by atoms with van der Waals surface area (Å²) in [4.78, 5) is 13.8. The van der Waals surface area contributed by atoms with Gasteiger partial charge in [0.1, 0.15) is 0 Å². The number of carbonyl (C=O) groups is 1. The van der Waals surface area contributed by atoms with Crippen molar-refractivity contribution in [2.75, 3.05) is 27.4 Å². The van der Waals surface area contributed by atoms with Gasteiger partial charge in [0.25, 0.3) is 5.91 Å². The molecule has 1 aromatic carbocycles. The Morgan fingerprint density at radius 3 is 2.56 bits per heavy atom. The highest BCUT2D eigenvalue weighted by Crippen LogP contribution is 2.34. The van der Waals surface area contributed by atoms with E-state index in [9.17, 15) is 4.79 Å². The van der Waals surface area contributed by atoms with Crippen molar-refractivity contribution < 1.29 is 19.4 Å². The molecule has 1 N–H and O–H groups in total. The van der Waals surface area contributed by atoms with Gasteiger partial charge < -0.3 is 19.5 Å². The fourth-order valence-corrected chi connectivity index (χ4v) is 2.14. The maximum atomic E-state index is 12.1. The molecular weight excluding hydrogens is 234 g/mol. The third-order valence-corrected chi connectivity index (χ3v) is 3.07. The molecule has 1 aliphatic rings. The zero-order valence-corrected chi connectivity index (χ0v) is 10.6. The fourth-order valence-electron chi connectivity index (χ4n) is 2.14. The third-order valence-electron chi connectivity index (χ3n) is 3.07. The minimum atomic E-state index is -0.0144. The molecule has 0 unspecified atom stereocenters. The number of aliphatic hydroxyl groups is 1. The van der Waals surface area contributed by atoms with Crippen LogP contribution in [0.1, 0.15) is 22.3 Å². The lowest BCUT2D eigenvalue weighted by molar-refractivity contribution is 0.0768. The first-order valence-corrected chi connectivity index (χ1v) is 5.86. The molecule has 0 saturated carbocycles. The van der Waals surface area contributed by atoms with Crippen LogP contribution < -0.4 is 9.47 Å². The Balaban J connectivity index is 2.28. The highest BCUT2D eigenvalue weighted by molar-refractivity contribution is 5.99. The average molecular weight is 251 g/mol. The molecule has 1 aliphatic heterocycles. The average Bonchev–Trinajstić information content (AvgIpc) is 2.71. The summed E-state index contributed by atoms with van der Waals surface area (Å²) < 4.78 is 10.4. The Hall–Kier alpha value is -1.75. The summed E-state index contributed by atoms with van der Waals surface area (Å²) in [5.41, 5.74) is 1.60. The molecule has 0 atom stereocenters. The zero-order chi connectivity index (χ0) is 13.1. The topological polar surface area (TPSA) is 59.0 Å².